The zero-order valence-corrected chi connectivity index (χ0v) is 10.5. The van der Waals surface area contributed by atoms with Crippen LogP contribution in [-0.2, 0) is 14.0 Å². The molecule has 0 amide bonds. The van der Waals surface area contributed by atoms with Crippen LogP contribution in [0.1, 0.15) is 34.1 Å². The molecular formula is C8H18O3Si. The van der Waals surface area contributed by atoms with Gasteiger partial charge in [0.2, 0.25) is 0 Å². The normalized spacial score (nSPS) is 14.3. The summed E-state index contributed by atoms with van der Waals surface area (Å²) < 4.78 is 10.5. The Labute approximate surface area is 77.0 Å². The summed E-state index contributed by atoms with van der Waals surface area (Å²) in [6, 6.07) is 0. The second-order valence-electron chi connectivity index (χ2n) is 3.31. The molecule has 4 heteroatoms. The van der Waals surface area contributed by atoms with Crippen molar-refractivity contribution in [2.45, 2.75) is 45.8 Å². The van der Waals surface area contributed by atoms with Gasteiger partial charge in [0.05, 0.1) is 5.60 Å². The first kappa shape index (κ1) is 11.6. The minimum absolute atomic E-state index is 0.132. The van der Waals surface area contributed by atoms with E-state index in [0.29, 0.717) is 10.5 Å². The van der Waals surface area contributed by atoms with Gasteiger partial charge in [-0.05, 0) is 20.3 Å². The molecule has 0 fully saturated rings. The van der Waals surface area contributed by atoms with Crippen molar-refractivity contribution in [2.75, 3.05) is 0 Å². The van der Waals surface area contributed by atoms with Gasteiger partial charge < -0.3 is 9.16 Å². The maximum absolute atomic E-state index is 10.7. The maximum Gasteiger partial charge on any atom is 0.303 e. The third kappa shape index (κ3) is 3.36. The van der Waals surface area contributed by atoms with E-state index in [2.05, 4.69) is 0 Å². The Hall–Kier alpha value is -0.353. The van der Waals surface area contributed by atoms with E-state index in [1.165, 1.54) is 6.92 Å². The van der Waals surface area contributed by atoms with Crippen molar-refractivity contribution in [3.8, 4) is 0 Å². The molecule has 0 aromatic heterocycles. The predicted octanol–water partition coefficient (Wildman–Crippen LogP) is 0.404. The monoisotopic (exact) mass is 190 g/mol. The highest BCUT2D eigenvalue weighted by atomic mass is 28.2. The van der Waals surface area contributed by atoms with Gasteiger partial charge in [-0.15, -0.1) is 0 Å². The molecule has 0 aliphatic carbocycles. The first-order valence-corrected chi connectivity index (χ1v) is 4.98. The summed E-state index contributed by atoms with van der Waals surface area (Å²) in [6.07, 6.45) is 0.655. The Morgan fingerprint density at radius 2 is 2.08 bits per heavy atom. The SMILES string of the molecule is CCC(OC(C)=O)C(C)(C)O[SiH3]. The second-order valence-corrected chi connectivity index (χ2v) is 3.72. The molecule has 72 valence electrons. The smallest absolute Gasteiger partial charge is 0.303 e. The van der Waals surface area contributed by atoms with E-state index in [-0.39, 0.29) is 17.7 Å². The van der Waals surface area contributed by atoms with Crippen molar-refractivity contribution in [1.29, 1.82) is 0 Å². The molecule has 3 nitrogen and oxygen atoms in total. The van der Waals surface area contributed by atoms with Crippen LogP contribution in [0.25, 0.3) is 0 Å². The maximum atomic E-state index is 10.7. The van der Waals surface area contributed by atoms with Crippen LogP contribution >= 0.6 is 0 Å². The molecule has 0 bridgehead atoms. The van der Waals surface area contributed by atoms with Crippen LogP contribution in [0, 0.1) is 0 Å². The van der Waals surface area contributed by atoms with E-state index in [1.54, 1.807) is 0 Å². The first-order chi connectivity index (χ1) is 5.44. The molecule has 12 heavy (non-hydrogen) atoms. The highest BCUT2D eigenvalue weighted by Crippen LogP contribution is 2.19. The Balaban J connectivity index is 4.23. The zero-order valence-electron chi connectivity index (χ0n) is 8.51. The van der Waals surface area contributed by atoms with Crippen molar-refractivity contribution < 1.29 is 14.0 Å². The average Bonchev–Trinajstić information content (AvgIpc) is 1.99. The topological polar surface area (TPSA) is 35.5 Å². The predicted molar refractivity (Wildman–Crippen MR) is 50.9 cm³/mol. The molecule has 0 radical (unpaired) electrons. The van der Waals surface area contributed by atoms with Gasteiger partial charge in [0.25, 0.3) is 0 Å². The summed E-state index contributed by atoms with van der Waals surface area (Å²) >= 11 is 0. The Morgan fingerprint density at radius 3 is 2.33 bits per heavy atom. The van der Waals surface area contributed by atoms with Crippen LogP contribution in [0.3, 0.4) is 0 Å². The standard InChI is InChI=1S/C8H18O3Si/c1-5-7(10-6(2)9)8(3,4)11-12/h7H,5H2,1-4,12H3. The van der Waals surface area contributed by atoms with Gasteiger partial charge in [0.1, 0.15) is 16.6 Å². The summed E-state index contributed by atoms with van der Waals surface area (Å²) in [6.45, 7) is 7.29. The number of rotatable bonds is 4. The van der Waals surface area contributed by atoms with Crippen LogP contribution < -0.4 is 0 Å². The average molecular weight is 190 g/mol. The van der Waals surface area contributed by atoms with Crippen molar-refractivity contribution in [3.05, 3.63) is 0 Å². The molecule has 0 aliphatic heterocycles. The molecule has 0 aliphatic rings. The van der Waals surface area contributed by atoms with Gasteiger partial charge in [-0.3, -0.25) is 4.79 Å². The van der Waals surface area contributed by atoms with Crippen molar-refractivity contribution in [1.82, 2.24) is 0 Å². The van der Waals surface area contributed by atoms with E-state index in [4.69, 9.17) is 9.16 Å². The lowest BCUT2D eigenvalue weighted by atomic mass is 10.00. The van der Waals surface area contributed by atoms with Gasteiger partial charge >= 0.3 is 5.97 Å². The van der Waals surface area contributed by atoms with Gasteiger partial charge in [-0.25, -0.2) is 0 Å². The van der Waals surface area contributed by atoms with Gasteiger partial charge in [-0.2, -0.15) is 0 Å². The number of esters is 1. The molecular weight excluding hydrogens is 172 g/mol. The summed E-state index contributed by atoms with van der Waals surface area (Å²) in [5, 5.41) is 0. The number of ether oxygens (including phenoxy) is 1. The Kier molecular flexibility index (Phi) is 4.48. The summed E-state index contributed by atoms with van der Waals surface area (Å²) in [7, 11) is 0.659. The zero-order chi connectivity index (χ0) is 9.78. The number of hydrogen-bond donors (Lipinski definition) is 0. The lowest BCUT2D eigenvalue weighted by Crippen LogP contribution is -2.41. The van der Waals surface area contributed by atoms with Crippen molar-refractivity contribution in [2.24, 2.45) is 0 Å². The van der Waals surface area contributed by atoms with E-state index in [1.807, 2.05) is 20.8 Å². The molecule has 0 heterocycles. The van der Waals surface area contributed by atoms with Crippen LogP contribution in [0.5, 0.6) is 0 Å². The van der Waals surface area contributed by atoms with Gasteiger partial charge in [-0.1, -0.05) is 6.92 Å². The third-order valence-corrected chi connectivity index (χ3v) is 3.03. The van der Waals surface area contributed by atoms with Gasteiger partial charge in [0, 0.05) is 6.92 Å². The molecule has 0 aromatic rings. The van der Waals surface area contributed by atoms with E-state index < -0.39 is 0 Å². The van der Waals surface area contributed by atoms with E-state index >= 15 is 0 Å². The highest BCUT2D eigenvalue weighted by Gasteiger charge is 2.29. The number of carbonyl (C=O) groups is 1. The first-order valence-electron chi connectivity index (χ1n) is 4.16. The molecule has 1 atom stereocenters. The summed E-state index contributed by atoms with van der Waals surface area (Å²) in [5.41, 5.74) is -0.341. The van der Waals surface area contributed by atoms with Crippen molar-refractivity contribution in [3.63, 3.8) is 0 Å². The quantitative estimate of drug-likeness (QED) is 0.475. The fourth-order valence-corrected chi connectivity index (χ4v) is 1.31. The summed E-state index contributed by atoms with van der Waals surface area (Å²) in [5.74, 6) is -0.242. The van der Waals surface area contributed by atoms with Gasteiger partial charge in [0.15, 0.2) is 0 Å². The van der Waals surface area contributed by atoms with Crippen LogP contribution in [-0.4, -0.2) is 28.2 Å². The fourth-order valence-electron chi connectivity index (χ4n) is 1.05. The molecule has 0 aromatic carbocycles. The van der Waals surface area contributed by atoms with Crippen LogP contribution in [0.2, 0.25) is 0 Å². The van der Waals surface area contributed by atoms with E-state index in [9.17, 15) is 4.79 Å². The second kappa shape index (κ2) is 4.62. The number of carbonyl (C=O) groups excluding carboxylic acids is 1. The van der Waals surface area contributed by atoms with Crippen molar-refractivity contribution >= 4 is 16.5 Å². The van der Waals surface area contributed by atoms with Crippen LogP contribution in [0.4, 0.5) is 0 Å². The minimum atomic E-state index is -0.341. The molecule has 1 unspecified atom stereocenters. The minimum Gasteiger partial charge on any atom is -0.460 e. The lowest BCUT2D eigenvalue weighted by Gasteiger charge is -2.32. The van der Waals surface area contributed by atoms with E-state index in [0.717, 1.165) is 6.42 Å². The molecule has 0 rings (SSSR count). The Morgan fingerprint density at radius 1 is 1.58 bits per heavy atom. The molecule has 0 saturated heterocycles. The number of hydrogen-bond acceptors (Lipinski definition) is 3. The molecule has 0 spiro atoms. The van der Waals surface area contributed by atoms with Crippen LogP contribution in [0.15, 0.2) is 0 Å². The largest absolute Gasteiger partial charge is 0.460 e. The summed E-state index contributed by atoms with van der Waals surface area (Å²) in [4.78, 5) is 10.7. The lowest BCUT2D eigenvalue weighted by molar-refractivity contribution is -0.156. The highest BCUT2D eigenvalue weighted by molar-refractivity contribution is 5.98. The molecule has 0 saturated carbocycles. The third-order valence-electron chi connectivity index (χ3n) is 1.98. The fraction of sp³-hybridized carbons (Fsp3) is 0.875. The molecule has 0 N–H and O–H groups in total. The Bertz CT molecular complexity index is 156.